The highest BCUT2D eigenvalue weighted by Crippen LogP contribution is 2.20. The van der Waals surface area contributed by atoms with Gasteiger partial charge >= 0.3 is 0 Å². The first-order valence-corrected chi connectivity index (χ1v) is 4.55. The van der Waals surface area contributed by atoms with Crippen LogP contribution in [0.1, 0.15) is 20.8 Å². The van der Waals surface area contributed by atoms with Crippen molar-refractivity contribution in [2.45, 2.75) is 25.8 Å². The average Bonchev–Trinajstić information content (AvgIpc) is 1.62. The van der Waals surface area contributed by atoms with Crippen LogP contribution in [0.4, 0.5) is 0 Å². The predicted octanol–water partition coefficient (Wildman–Crippen LogP) is 0.782. The Hall–Kier alpha value is 0.137. The Kier molecular flexibility index (Phi) is 3.39. The van der Waals surface area contributed by atoms with Crippen molar-refractivity contribution in [1.29, 1.82) is 0 Å². The summed E-state index contributed by atoms with van der Waals surface area (Å²) in [6, 6.07) is 0. The van der Waals surface area contributed by atoms with Crippen LogP contribution in [-0.2, 0) is 4.84 Å². The highest BCUT2D eigenvalue weighted by Gasteiger charge is 2.13. The van der Waals surface area contributed by atoms with Crippen LogP contribution in [0.15, 0.2) is 0 Å². The third kappa shape index (κ3) is 6.02. The predicted molar refractivity (Wildman–Crippen MR) is 43.0 cm³/mol. The molecule has 3 heteroatoms. The summed E-state index contributed by atoms with van der Waals surface area (Å²) in [5.41, 5.74) is 0. The van der Waals surface area contributed by atoms with Gasteiger partial charge in [-0.1, -0.05) is 20.8 Å². The molecule has 0 saturated heterocycles. The average molecular weight is 147 g/mol. The van der Waals surface area contributed by atoms with Gasteiger partial charge in [-0.2, -0.15) is 0 Å². The molecular weight excluding hydrogens is 130 g/mol. The van der Waals surface area contributed by atoms with Gasteiger partial charge in [-0.3, -0.25) is 0 Å². The molecule has 0 fully saturated rings. The summed E-state index contributed by atoms with van der Waals surface area (Å²) in [6.07, 6.45) is 0. The quantitative estimate of drug-likeness (QED) is 0.423. The molecule has 0 aromatic carbocycles. The van der Waals surface area contributed by atoms with E-state index in [1.54, 1.807) is 7.11 Å². The van der Waals surface area contributed by atoms with Gasteiger partial charge in [0.15, 0.2) is 0 Å². The van der Waals surface area contributed by atoms with Crippen LogP contribution in [0.3, 0.4) is 0 Å². The normalized spacial score (nSPS) is 14.0. The van der Waals surface area contributed by atoms with Crippen molar-refractivity contribution in [3.63, 3.8) is 0 Å². The number of nitrogens with zero attached hydrogens (tertiary/aromatic N) is 1. The standard InChI is InChI=1S/C6H17NOSi/c1-6(2,3)9-7(4)8-5/h9H2,1-5H3. The van der Waals surface area contributed by atoms with Crippen LogP contribution in [0.25, 0.3) is 0 Å². The second-order valence-electron chi connectivity index (χ2n) is 3.53. The lowest BCUT2D eigenvalue weighted by molar-refractivity contribution is -0.0320. The molecular formula is C6H17NOSi. The van der Waals surface area contributed by atoms with Crippen LogP contribution >= 0.6 is 0 Å². The summed E-state index contributed by atoms with van der Waals surface area (Å²) in [5.74, 6) is 0. The van der Waals surface area contributed by atoms with Gasteiger partial charge in [0.05, 0.1) is 7.11 Å². The zero-order chi connectivity index (χ0) is 7.49. The Morgan fingerprint density at radius 1 is 1.33 bits per heavy atom. The first kappa shape index (κ1) is 9.14. The lowest BCUT2D eigenvalue weighted by atomic mass is 10.3. The van der Waals surface area contributed by atoms with Crippen LogP contribution in [0, 0.1) is 0 Å². The van der Waals surface area contributed by atoms with Gasteiger partial charge in [0.1, 0.15) is 9.68 Å². The van der Waals surface area contributed by atoms with E-state index >= 15 is 0 Å². The topological polar surface area (TPSA) is 12.5 Å². The fourth-order valence-corrected chi connectivity index (χ4v) is 2.20. The molecule has 0 aliphatic carbocycles. The molecule has 0 aliphatic rings. The minimum atomic E-state index is -0.215. The van der Waals surface area contributed by atoms with E-state index in [-0.39, 0.29) is 9.68 Å². The van der Waals surface area contributed by atoms with Crippen LogP contribution in [-0.4, -0.2) is 28.6 Å². The molecule has 0 rings (SSSR count). The van der Waals surface area contributed by atoms with Crippen LogP contribution in [0.2, 0.25) is 5.04 Å². The Balaban J connectivity index is 3.47. The molecule has 0 atom stereocenters. The van der Waals surface area contributed by atoms with Crippen molar-refractivity contribution < 1.29 is 4.84 Å². The van der Waals surface area contributed by atoms with Crippen molar-refractivity contribution in [2.24, 2.45) is 0 Å². The Morgan fingerprint density at radius 2 is 1.78 bits per heavy atom. The van der Waals surface area contributed by atoms with Gasteiger partial charge in [0, 0.05) is 7.05 Å². The molecule has 0 spiro atoms. The molecule has 2 nitrogen and oxygen atoms in total. The van der Waals surface area contributed by atoms with Crippen molar-refractivity contribution in [1.82, 2.24) is 4.73 Å². The molecule has 0 radical (unpaired) electrons. The minimum absolute atomic E-state index is 0.215. The van der Waals surface area contributed by atoms with Gasteiger partial charge < -0.3 is 4.84 Å². The second kappa shape index (κ2) is 3.34. The molecule has 0 saturated carbocycles. The molecule has 0 aliphatic heterocycles. The molecule has 9 heavy (non-hydrogen) atoms. The highest BCUT2D eigenvalue weighted by molar-refractivity contribution is 6.35. The summed E-state index contributed by atoms with van der Waals surface area (Å²) < 4.78 is 1.97. The molecule has 0 bridgehead atoms. The molecule has 0 amide bonds. The van der Waals surface area contributed by atoms with Crippen LogP contribution in [0.5, 0.6) is 0 Å². The van der Waals surface area contributed by atoms with Gasteiger partial charge in [-0.25, -0.2) is 4.73 Å². The molecule has 56 valence electrons. The summed E-state index contributed by atoms with van der Waals surface area (Å²) >= 11 is 0. The minimum Gasteiger partial charge on any atom is -0.310 e. The van der Waals surface area contributed by atoms with Gasteiger partial charge in [0.2, 0.25) is 0 Å². The van der Waals surface area contributed by atoms with Crippen molar-refractivity contribution in [2.75, 3.05) is 14.2 Å². The fraction of sp³-hybridized carbons (Fsp3) is 1.00. The Bertz CT molecular complexity index is 79.6. The molecule has 0 aromatic heterocycles. The van der Waals surface area contributed by atoms with Crippen LogP contribution < -0.4 is 0 Å². The van der Waals surface area contributed by atoms with E-state index in [1.807, 2.05) is 11.8 Å². The third-order valence-electron chi connectivity index (χ3n) is 1.01. The summed E-state index contributed by atoms with van der Waals surface area (Å²) in [7, 11) is 3.50. The second-order valence-corrected chi connectivity index (χ2v) is 6.86. The smallest absolute Gasteiger partial charge is 0.134 e. The number of hydrogen-bond acceptors (Lipinski definition) is 2. The summed E-state index contributed by atoms with van der Waals surface area (Å²) in [6.45, 7) is 6.73. The first-order chi connectivity index (χ1) is 3.95. The molecule has 0 heterocycles. The summed E-state index contributed by atoms with van der Waals surface area (Å²) in [4.78, 5) is 5.02. The van der Waals surface area contributed by atoms with E-state index in [4.69, 9.17) is 4.84 Å². The lowest BCUT2D eigenvalue weighted by Gasteiger charge is -2.23. The van der Waals surface area contributed by atoms with Crippen molar-refractivity contribution in [3.05, 3.63) is 0 Å². The van der Waals surface area contributed by atoms with E-state index in [0.29, 0.717) is 5.04 Å². The van der Waals surface area contributed by atoms with Gasteiger partial charge in [0.25, 0.3) is 0 Å². The van der Waals surface area contributed by atoms with E-state index in [1.165, 1.54) is 0 Å². The van der Waals surface area contributed by atoms with Gasteiger partial charge in [-0.05, 0) is 5.04 Å². The molecule has 0 aromatic rings. The lowest BCUT2D eigenvalue weighted by Crippen LogP contribution is -2.28. The van der Waals surface area contributed by atoms with Crippen molar-refractivity contribution >= 4 is 9.68 Å². The largest absolute Gasteiger partial charge is 0.310 e. The number of hydroxylamine groups is 1. The monoisotopic (exact) mass is 147 g/mol. The van der Waals surface area contributed by atoms with E-state index < -0.39 is 0 Å². The van der Waals surface area contributed by atoms with E-state index in [2.05, 4.69) is 20.8 Å². The van der Waals surface area contributed by atoms with E-state index in [0.717, 1.165) is 0 Å². The maximum Gasteiger partial charge on any atom is 0.134 e. The van der Waals surface area contributed by atoms with Gasteiger partial charge in [-0.15, -0.1) is 0 Å². The fourth-order valence-electron chi connectivity index (χ4n) is 0.733. The third-order valence-corrected chi connectivity index (χ3v) is 2.66. The Morgan fingerprint density at radius 3 is 1.89 bits per heavy atom. The molecule has 0 N–H and O–H groups in total. The zero-order valence-corrected chi connectivity index (χ0v) is 8.48. The van der Waals surface area contributed by atoms with E-state index in [9.17, 15) is 0 Å². The SMILES string of the molecule is CON(C)[SiH2]C(C)(C)C. The van der Waals surface area contributed by atoms with Crippen molar-refractivity contribution in [3.8, 4) is 0 Å². The highest BCUT2D eigenvalue weighted by atomic mass is 28.2. The maximum atomic E-state index is 5.02. The first-order valence-electron chi connectivity index (χ1n) is 3.21. The number of hydrogen-bond donors (Lipinski definition) is 0. The number of rotatable bonds is 2. The zero-order valence-electron chi connectivity index (χ0n) is 7.06. The Labute approximate surface area is 60.0 Å². The maximum absolute atomic E-state index is 5.02. The molecule has 0 unspecified atom stereocenters. The summed E-state index contributed by atoms with van der Waals surface area (Å²) in [5, 5.41) is 0.463.